The van der Waals surface area contributed by atoms with Crippen LogP contribution in [-0.4, -0.2) is 47.9 Å². The minimum absolute atomic E-state index is 0.0375. The quantitative estimate of drug-likeness (QED) is 0.282. The number of halogens is 1. The Morgan fingerprint density at radius 1 is 1.14 bits per heavy atom. The van der Waals surface area contributed by atoms with Gasteiger partial charge in [0, 0.05) is 36.1 Å². The smallest absolute Gasteiger partial charge is 0.354 e. The van der Waals surface area contributed by atoms with Crippen molar-refractivity contribution in [2.24, 2.45) is 0 Å². The zero-order valence-electron chi connectivity index (χ0n) is 22.1. The Labute approximate surface area is 238 Å². The standard InChI is InChI=1S/C30H23FN6O5/c31-22-12-18(14-32)4-5-20(22)17-42-27-3-1-2-23(34-27)19-8-10-36(28(38)13-19)16-26-33-24-6-7-25(30(39)40)35-29(24)37(26)15-21-9-11-41-21/h1-8,10,12-13,21H,9,11,15-17H2,(H,39,40). The van der Waals surface area contributed by atoms with E-state index in [-0.39, 0.29) is 47.5 Å². The van der Waals surface area contributed by atoms with Crippen LogP contribution in [0.25, 0.3) is 22.4 Å². The number of imidazole rings is 1. The monoisotopic (exact) mass is 566 g/mol. The Kier molecular flexibility index (Phi) is 7.16. The molecule has 1 atom stereocenters. The van der Waals surface area contributed by atoms with Gasteiger partial charge in [0.2, 0.25) is 5.88 Å². The summed E-state index contributed by atoms with van der Waals surface area (Å²) in [6.07, 6.45) is 2.47. The lowest BCUT2D eigenvalue weighted by atomic mass is 10.1. The first-order valence-corrected chi connectivity index (χ1v) is 13.1. The number of benzene rings is 1. The second-order valence-corrected chi connectivity index (χ2v) is 9.71. The van der Waals surface area contributed by atoms with Crippen molar-refractivity contribution < 1.29 is 23.8 Å². The van der Waals surface area contributed by atoms with Gasteiger partial charge in [-0.15, -0.1) is 0 Å². The fraction of sp³-hybridized carbons (Fsp3) is 0.200. The van der Waals surface area contributed by atoms with Crippen LogP contribution in [0.15, 0.2) is 71.7 Å². The third-order valence-electron chi connectivity index (χ3n) is 6.95. The van der Waals surface area contributed by atoms with Gasteiger partial charge in [0.05, 0.1) is 36.5 Å². The maximum Gasteiger partial charge on any atom is 0.354 e. The van der Waals surface area contributed by atoms with Crippen LogP contribution >= 0.6 is 0 Å². The summed E-state index contributed by atoms with van der Waals surface area (Å²) in [7, 11) is 0. The second-order valence-electron chi connectivity index (χ2n) is 9.71. The van der Waals surface area contributed by atoms with Gasteiger partial charge < -0.3 is 23.7 Å². The Bertz CT molecular complexity index is 1920. The highest BCUT2D eigenvalue weighted by Gasteiger charge is 2.23. The van der Waals surface area contributed by atoms with E-state index in [1.165, 1.54) is 28.8 Å². The molecule has 4 aromatic heterocycles. The fourth-order valence-electron chi connectivity index (χ4n) is 4.60. The average Bonchev–Trinajstić information content (AvgIpc) is 3.31. The van der Waals surface area contributed by atoms with E-state index < -0.39 is 11.8 Å². The molecule has 1 aliphatic heterocycles. The number of nitriles is 1. The van der Waals surface area contributed by atoms with Gasteiger partial charge in [-0.3, -0.25) is 4.79 Å². The van der Waals surface area contributed by atoms with E-state index in [9.17, 15) is 19.1 Å². The van der Waals surface area contributed by atoms with Crippen molar-refractivity contribution >= 4 is 17.1 Å². The molecule has 210 valence electrons. The van der Waals surface area contributed by atoms with E-state index >= 15 is 0 Å². The average molecular weight is 567 g/mol. The predicted molar refractivity (Wildman–Crippen MR) is 147 cm³/mol. The summed E-state index contributed by atoms with van der Waals surface area (Å²) in [5.41, 5.74) is 2.14. The lowest BCUT2D eigenvalue weighted by Crippen LogP contribution is -2.32. The second kappa shape index (κ2) is 11.2. The number of hydrogen-bond donors (Lipinski definition) is 1. The van der Waals surface area contributed by atoms with Gasteiger partial charge in [-0.05, 0) is 42.8 Å². The molecule has 6 rings (SSSR count). The normalized spacial score (nSPS) is 14.3. The Morgan fingerprint density at radius 3 is 2.71 bits per heavy atom. The maximum atomic E-state index is 14.2. The van der Waals surface area contributed by atoms with E-state index in [0.717, 1.165) is 12.5 Å². The number of pyridine rings is 3. The zero-order valence-corrected chi connectivity index (χ0v) is 22.1. The lowest BCUT2D eigenvalue weighted by molar-refractivity contribution is -0.0591. The molecule has 0 amide bonds. The van der Waals surface area contributed by atoms with E-state index in [1.807, 2.05) is 10.6 Å². The van der Waals surface area contributed by atoms with Crippen molar-refractivity contribution in [2.45, 2.75) is 32.2 Å². The van der Waals surface area contributed by atoms with Crippen molar-refractivity contribution in [3.05, 3.63) is 106 Å². The minimum Gasteiger partial charge on any atom is -0.477 e. The van der Waals surface area contributed by atoms with E-state index in [2.05, 4.69) is 15.0 Å². The first kappa shape index (κ1) is 26.8. The van der Waals surface area contributed by atoms with Gasteiger partial charge in [-0.25, -0.2) is 24.1 Å². The molecule has 0 aliphatic carbocycles. The maximum absolute atomic E-state index is 14.2. The molecule has 1 saturated heterocycles. The van der Waals surface area contributed by atoms with Crippen molar-refractivity contribution in [3.63, 3.8) is 0 Å². The van der Waals surface area contributed by atoms with Gasteiger partial charge in [0.15, 0.2) is 11.3 Å². The molecule has 1 N–H and O–H groups in total. The lowest BCUT2D eigenvalue weighted by Gasteiger charge is -2.27. The summed E-state index contributed by atoms with van der Waals surface area (Å²) >= 11 is 0. The molecule has 0 saturated carbocycles. The fourth-order valence-corrected chi connectivity index (χ4v) is 4.60. The number of nitrogens with zero attached hydrogens (tertiary/aromatic N) is 6. The number of ether oxygens (including phenoxy) is 2. The van der Waals surface area contributed by atoms with Gasteiger partial charge in [-0.2, -0.15) is 5.26 Å². The number of aromatic carboxylic acids is 1. The van der Waals surface area contributed by atoms with Crippen LogP contribution in [0, 0.1) is 17.1 Å². The highest BCUT2D eigenvalue weighted by molar-refractivity contribution is 5.88. The summed E-state index contributed by atoms with van der Waals surface area (Å²) in [6.45, 7) is 1.16. The van der Waals surface area contributed by atoms with Crippen LogP contribution in [0.3, 0.4) is 0 Å². The largest absolute Gasteiger partial charge is 0.477 e. The van der Waals surface area contributed by atoms with Gasteiger partial charge in [0.25, 0.3) is 5.56 Å². The highest BCUT2D eigenvalue weighted by Crippen LogP contribution is 2.22. The molecule has 5 aromatic rings. The van der Waals surface area contributed by atoms with Gasteiger partial charge in [-0.1, -0.05) is 12.1 Å². The molecule has 1 aromatic carbocycles. The molecule has 0 bridgehead atoms. The van der Waals surface area contributed by atoms with E-state index in [4.69, 9.17) is 14.7 Å². The number of aromatic nitrogens is 5. The van der Waals surface area contributed by atoms with Crippen LogP contribution < -0.4 is 10.3 Å². The van der Waals surface area contributed by atoms with Crippen molar-refractivity contribution in [1.82, 2.24) is 24.1 Å². The Morgan fingerprint density at radius 2 is 2.00 bits per heavy atom. The predicted octanol–water partition coefficient (Wildman–Crippen LogP) is 3.78. The first-order chi connectivity index (χ1) is 20.4. The molecular weight excluding hydrogens is 543 g/mol. The molecule has 0 radical (unpaired) electrons. The Hall–Kier alpha value is -5.41. The van der Waals surface area contributed by atoms with Crippen molar-refractivity contribution in [2.75, 3.05) is 6.61 Å². The van der Waals surface area contributed by atoms with Crippen molar-refractivity contribution in [3.8, 4) is 23.2 Å². The summed E-state index contributed by atoms with van der Waals surface area (Å²) in [5, 5.41) is 18.3. The number of hydrogen-bond acceptors (Lipinski definition) is 8. The van der Waals surface area contributed by atoms with Gasteiger partial charge in [0.1, 0.15) is 23.8 Å². The third kappa shape index (κ3) is 5.45. The van der Waals surface area contributed by atoms with Crippen molar-refractivity contribution in [1.29, 1.82) is 5.26 Å². The third-order valence-corrected chi connectivity index (χ3v) is 6.95. The molecular formula is C30H23FN6O5. The molecule has 1 unspecified atom stereocenters. The Balaban J connectivity index is 1.23. The SMILES string of the molecule is N#Cc1ccc(COc2cccc(-c3ccn(Cc4nc5ccc(C(=O)O)nc5n4CC4CCO4)c(=O)c3)n2)c(F)c1. The summed E-state index contributed by atoms with van der Waals surface area (Å²) in [5.74, 6) is -0.877. The highest BCUT2D eigenvalue weighted by atomic mass is 19.1. The van der Waals surface area contributed by atoms with Crippen LogP contribution in [0.1, 0.15) is 33.9 Å². The summed E-state index contributed by atoms with van der Waals surface area (Å²) in [4.78, 5) is 38.0. The number of fused-ring (bicyclic) bond motifs is 1. The molecule has 1 fully saturated rings. The van der Waals surface area contributed by atoms with Crippen LogP contribution in [0.2, 0.25) is 0 Å². The zero-order chi connectivity index (χ0) is 29.2. The van der Waals surface area contributed by atoms with Crippen LogP contribution in [-0.2, 0) is 24.4 Å². The van der Waals surface area contributed by atoms with E-state index in [0.29, 0.717) is 41.4 Å². The topological polar surface area (TPSA) is 145 Å². The number of carboxylic acid groups (broad SMARTS) is 1. The molecule has 42 heavy (non-hydrogen) atoms. The molecule has 1 aliphatic rings. The molecule has 11 nitrogen and oxygen atoms in total. The number of carboxylic acids is 1. The van der Waals surface area contributed by atoms with Crippen LogP contribution in [0.4, 0.5) is 4.39 Å². The number of rotatable bonds is 9. The summed E-state index contributed by atoms with van der Waals surface area (Å²) in [6, 6.07) is 17.3. The van der Waals surface area contributed by atoms with Gasteiger partial charge >= 0.3 is 5.97 Å². The van der Waals surface area contributed by atoms with E-state index in [1.54, 1.807) is 36.5 Å². The molecule has 0 spiro atoms. The first-order valence-electron chi connectivity index (χ1n) is 13.1. The van der Waals surface area contributed by atoms with Crippen LogP contribution in [0.5, 0.6) is 5.88 Å². The molecule has 5 heterocycles. The summed E-state index contributed by atoms with van der Waals surface area (Å²) < 4.78 is 28.8. The minimum atomic E-state index is -1.14. The number of carbonyl (C=O) groups is 1. The molecule has 12 heteroatoms.